The highest BCUT2D eigenvalue weighted by Crippen LogP contribution is 2.32. The summed E-state index contributed by atoms with van der Waals surface area (Å²) < 4.78 is 44.1. The molecule has 0 atom stereocenters. The van der Waals surface area contributed by atoms with Gasteiger partial charge in [-0.25, -0.2) is 9.37 Å². The Bertz CT molecular complexity index is 1120. The molecule has 4 rings (SSSR count). The minimum Gasteiger partial charge on any atom is -0.379 e. The first-order valence-corrected chi connectivity index (χ1v) is 10.6. The number of nitrogens with zero attached hydrogens (tertiary/aromatic N) is 1. The molecule has 1 aliphatic rings. The fraction of sp³-hybridized carbons (Fsp3) is 0.222. The summed E-state index contributed by atoms with van der Waals surface area (Å²) in [6.07, 6.45) is 2.85. The van der Waals surface area contributed by atoms with E-state index < -0.39 is 20.8 Å². The second-order valence-corrected chi connectivity index (χ2v) is 8.78. The summed E-state index contributed by atoms with van der Waals surface area (Å²) in [4.78, 5) is 15.8. The molecule has 2 aromatic carbocycles. The van der Waals surface area contributed by atoms with Crippen molar-refractivity contribution in [3.8, 4) is 5.75 Å². The maximum Gasteiger partial charge on any atom is 0.342 e. The fourth-order valence-corrected chi connectivity index (χ4v) is 4.60. The third-order valence-electron chi connectivity index (χ3n) is 4.38. The van der Waals surface area contributed by atoms with Gasteiger partial charge in [-0.1, -0.05) is 29.9 Å². The molecule has 6 nitrogen and oxygen atoms in total. The smallest absolute Gasteiger partial charge is 0.342 e. The van der Waals surface area contributed by atoms with E-state index in [2.05, 4.69) is 10.3 Å². The van der Waals surface area contributed by atoms with Gasteiger partial charge >= 0.3 is 10.1 Å². The van der Waals surface area contributed by atoms with Crippen molar-refractivity contribution in [1.29, 1.82) is 0 Å². The van der Waals surface area contributed by atoms with Crippen molar-refractivity contribution in [3.05, 3.63) is 48.3 Å². The van der Waals surface area contributed by atoms with Gasteiger partial charge in [0.05, 0.1) is 10.2 Å². The van der Waals surface area contributed by atoms with Crippen LogP contribution in [0.1, 0.15) is 19.3 Å². The van der Waals surface area contributed by atoms with Crippen molar-refractivity contribution in [3.63, 3.8) is 0 Å². The number of hydrogen-bond donors (Lipinski definition) is 1. The average molecular weight is 406 g/mol. The van der Waals surface area contributed by atoms with Gasteiger partial charge in [0.15, 0.2) is 5.13 Å². The lowest BCUT2D eigenvalue weighted by atomic mass is 9.85. The number of benzene rings is 2. The van der Waals surface area contributed by atoms with Gasteiger partial charge in [-0.2, -0.15) is 8.42 Å². The van der Waals surface area contributed by atoms with Crippen molar-refractivity contribution in [2.45, 2.75) is 24.2 Å². The van der Waals surface area contributed by atoms with Crippen molar-refractivity contribution >= 4 is 42.7 Å². The average Bonchev–Trinajstić information content (AvgIpc) is 2.94. The van der Waals surface area contributed by atoms with Crippen LogP contribution in [0.5, 0.6) is 5.75 Å². The van der Waals surface area contributed by atoms with Crippen LogP contribution in [0.3, 0.4) is 0 Å². The minimum atomic E-state index is -4.29. The molecular weight excluding hydrogens is 391 g/mol. The Morgan fingerprint density at radius 2 is 2.00 bits per heavy atom. The number of fused-ring (bicyclic) bond motifs is 1. The van der Waals surface area contributed by atoms with Gasteiger partial charge in [0.2, 0.25) is 5.91 Å². The molecule has 0 bridgehead atoms. The number of carbonyl (C=O) groups excluding carboxylic acids is 1. The van der Waals surface area contributed by atoms with Gasteiger partial charge in [-0.05, 0) is 37.1 Å². The van der Waals surface area contributed by atoms with Gasteiger partial charge in [0.25, 0.3) is 0 Å². The zero-order valence-electron chi connectivity index (χ0n) is 14.0. The summed E-state index contributed by atoms with van der Waals surface area (Å²) in [5.74, 6) is -0.829. The van der Waals surface area contributed by atoms with Crippen molar-refractivity contribution < 1.29 is 21.8 Å². The number of thiazole rings is 1. The largest absolute Gasteiger partial charge is 0.379 e. The maximum atomic E-state index is 13.8. The normalized spacial score (nSPS) is 14.7. The Morgan fingerprint density at radius 1 is 1.22 bits per heavy atom. The van der Waals surface area contributed by atoms with Crippen LogP contribution in [0.4, 0.5) is 9.52 Å². The lowest BCUT2D eigenvalue weighted by Crippen LogP contribution is -2.27. The Kier molecular flexibility index (Phi) is 4.56. The molecule has 0 spiro atoms. The lowest BCUT2D eigenvalue weighted by molar-refractivity contribution is -0.122. The second kappa shape index (κ2) is 6.90. The maximum absolute atomic E-state index is 13.8. The van der Waals surface area contributed by atoms with E-state index in [1.807, 2.05) is 0 Å². The molecule has 1 fully saturated rings. The molecule has 0 saturated heterocycles. The molecule has 3 aromatic rings. The SMILES string of the molecule is O=C(Nc1nc2ccc(OS(=O)(=O)c3ccccc3F)cc2s1)C1CCC1. The van der Waals surface area contributed by atoms with Crippen molar-refractivity contribution in [2.75, 3.05) is 5.32 Å². The molecule has 1 saturated carbocycles. The van der Waals surface area contributed by atoms with Gasteiger partial charge in [-0.15, -0.1) is 0 Å². The zero-order valence-corrected chi connectivity index (χ0v) is 15.6. The summed E-state index contributed by atoms with van der Waals surface area (Å²) in [5.41, 5.74) is 0.611. The Hall–Kier alpha value is -2.52. The quantitative estimate of drug-likeness (QED) is 0.649. The highest BCUT2D eigenvalue weighted by atomic mass is 32.2. The van der Waals surface area contributed by atoms with Crippen LogP contribution in [0.25, 0.3) is 10.2 Å². The first kappa shape index (κ1) is 17.9. The van der Waals surface area contributed by atoms with E-state index in [0.29, 0.717) is 15.3 Å². The monoisotopic (exact) mass is 406 g/mol. The number of halogens is 1. The third kappa shape index (κ3) is 3.65. The topological polar surface area (TPSA) is 85.4 Å². The highest BCUT2D eigenvalue weighted by molar-refractivity contribution is 7.87. The summed E-state index contributed by atoms with van der Waals surface area (Å²) in [6.45, 7) is 0. The van der Waals surface area contributed by atoms with Crippen LogP contribution in [0.2, 0.25) is 0 Å². The fourth-order valence-electron chi connectivity index (χ4n) is 2.71. The van der Waals surface area contributed by atoms with Gasteiger partial charge in [0.1, 0.15) is 16.5 Å². The molecular formula is C18H15FN2O4S2. The van der Waals surface area contributed by atoms with Crippen molar-refractivity contribution in [2.24, 2.45) is 5.92 Å². The molecule has 27 heavy (non-hydrogen) atoms. The second-order valence-electron chi connectivity index (χ2n) is 6.23. The number of nitrogens with one attached hydrogen (secondary N) is 1. The van der Waals surface area contributed by atoms with E-state index in [-0.39, 0.29) is 17.6 Å². The summed E-state index contributed by atoms with van der Waals surface area (Å²) >= 11 is 1.22. The first-order valence-electron chi connectivity index (χ1n) is 8.33. The van der Waals surface area contributed by atoms with Crippen LogP contribution >= 0.6 is 11.3 Å². The van der Waals surface area contributed by atoms with E-state index >= 15 is 0 Å². The molecule has 0 unspecified atom stereocenters. The summed E-state index contributed by atoms with van der Waals surface area (Å²) in [6, 6.07) is 9.56. The Labute approximate surface area is 159 Å². The number of carbonyl (C=O) groups is 1. The summed E-state index contributed by atoms with van der Waals surface area (Å²) in [5, 5.41) is 3.25. The Morgan fingerprint density at radius 3 is 2.70 bits per heavy atom. The first-order chi connectivity index (χ1) is 12.9. The summed E-state index contributed by atoms with van der Waals surface area (Å²) in [7, 11) is -4.29. The molecule has 1 aliphatic carbocycles. The predicted molar refractivity (Wildman–Crippen MR) is 99.8 cm³/mol. The highest BCUT2D eigenvalue weighted by Gasteiger charge is 2.26. The van der Waals surface area contributed by atoms with Gasteiger partial charge < -0.3 is 9.50 Å². The molecule has 9 heteroatoms. The van der Waals surface area contributed by atoms with Gasteiger partial charge in [-0.3, -0.25) is 4.79 Å². The van der Waals surface area contributed by atoms with Crippen LogP contribution in [0.15, 0.2) is 47.4 Å². The molecule has 140 valence electrons. The molecule has 0 aliphatic heterocycles. The lowest BCUT2D eigenvalue weighted by Gasteiger charge is -2.23. The van der Waals surface area contributed by atoms with E-state index in [1.54, 1.807) is 6.07 Å². The van der Waals surface area contributed by atoms with E-state index in [1.165, 1.54) is 35.6 Å². The number of hydrogen-bond acceptors (Lipinski definition) is 6. The van der Waals surface area contributed by atoms with Crippen LogP contribution in [-0.4, -0.2) is 19.3 Å². The number of anilines is 1. The third-order valence-corrected chi connectivity index (χ3v) is 6.59. The van der Waals surface area contributed by atoms with Crippen LogP contribution in [-0.2, 0) is 14.9 Å². The standard InChI is InChI=1S/C18H15FN2O4S2/c19-13-6-1-2-7-16(13)27(23,24)25-12-8-9-14-15(10-12)26-18(20-14)21-17(22)11-4-3-5-11/h1-2,6-11H,3-5H2,(H,20,21,22). The molecule has 1 N–H and O–H groups in total. The predicted octanol–water partition coefficient (Wildman–Crippen LogP) is 3.94. The van der Waals surface area contributed by atoms with E-state index in [9.17, 15) is 17.6 Å². The number of rotatable bonds is 5. The van der Waals surface area contributed by atoms with Crippen LogP contribution < -0.4 is 9.50 Å². The molecule has 1 aromatic heterocycles. The number of aromatic nitrogens is 1. The minimum absolute atomic E-state index is 0.0427. The van der Waals surface area contributed by atoms with E-state index in [0.717, 1.165) is 31.4 Å². The molecule has 0 radical (unpaired) electrons. The van der Waals surface area contributed by atoms with Crippen LogP contribution in [0, 0.1) is 11.7 Å². The Balaban J connectivity index is 1.56. The zero-order chi connectivity index (χ0) is 19.0. The number of amides is 1. The van der Waals surface area contributed by atoms with Crippen molar-refractivity contribution in [1.82, 2.24) is 4.98 Å². The molecule has 1 heterocycles. The van der Waals surface area contributed by atoms with Gasteiger partial charge in [0, 0.05) is 12.0 Å². The van der Waals surface area contributed by atoms with E-state index in [4.69, 9.17) is 4.18 Å². The molecule has 1 amide bonds.